The highest BCUT2D eigenvalue weighted by Gasteiger charge is 2.13. The van der Waals surface area contributed by atoms with Gasteiger partial charge in [0, 0.05) is 11.1 Å². The van der Waals surface area contributed by atoms with E-state index in [0.717, 1.165) is 22.3 Å². The van der Waals surface area contributed by atoms with Crippen LogP contribution < -0.4 is 15.4 Å². The highest BCUT2D eigenvalue weighted by Crippen LogP contribution is 2.21. The molecule has 0 aliphatic heterocycles. The molecule has 12 heteroatoms. The average Bonchev–Trinajstić information content (AvgIpc) is 3.49. The molecule has 0 bridgehead atoms. The smallest absolute Gasteiger partial charge is 0.322 e. The van der Waals surface area contributed by atoms with E-state index in [4.69, 9.17) is 4.74 Å². The van der Waals surface area contributed by atoms with Crippen molar-refractivity contribution in [1.82, 2.24) is 45.3 Å². The highest BCUT2D eigenvalue weighted by molar-refractivity contribution is 5.60. The van der Waals surface area contributed by atoms with Gasteiger partial charge in [-0.25, -0.2) is 5.10 Å². The normalized spacial score (nSPS) is 10.8. The number of nitrogens with one attached hydrogen (secondary N) is 4. The Hall–Kier alpha value is -4.87. The lowest BCUT2D eigenvalue weighted by Crippen LogP contribution is -2.07. The molecule has 0 atom stereocenters. The Morgan fingerprint density at radius 3 is 2.15 bits per heavy atom. The van der Waals surface area contributed by atoms with Gasteiger partial charge in [-0.2, -0.15) is 30.0 Å². The minimum atomic E-state index is 0.105. The van der Waals surface area contributed by atoms with Gasteiger partial charge in [0.15, 0.2) is 11.6 Å². The molecule has 170 valence electrons. The van der Waals surface area contributed by atoms with E-state index in [2.05, 4.69) is 55.9 Å². The Kier molecular flexibility index (Phi) is 5.52. The summed E-state index contributed by atoms with van der Waals surface area (Å²) in [5.74, 6) is 2.25. The number of hydrogen-bond donors (Lipinski definition) is 4. The van der Waals surface area contributed by atoms with Crippen LogP contribution in [-0.4, -0.2) is 52.4 Å². The molecule has 4 N–H and O–H groups in total. The zero-order valence-corrected chi connectivity index (χ0v) is 18.7. The Balaban J connectivity index is 1.35. The molecular weight excluding hydrogens is 434 g/mol. The summed E-state index contributed by atoms with van der Waals surface area (Å²) in [4.78, 5) is 21.7. The van der Waals surface area contributed by atoms with Crippen LogP contribution in [0.15, 0.2) is 48.5 Å². The van der Waals surface area contributed by atoms with Crippen LogP contribution in [0.5, 0.6) is 6.01 Å². The summed E-state index contributed by atoms with van der Waals surface area (Å²) in [7, 11) is 1.47. The van der Waals surface area contributed by atoms with Crippen LogP contribution in [0, 0.1) is 13.8 Å². The SMILES string of the molecule is COc1nc(Nc2n[nH]c(-c3cccc(C)c3)n2)nc(Nc2nc(-c3cccc(C)c3)n[nH]2)n1. The molecule has 5 rings (SSSR count). The van der Waals surface area contributed by atoms with E-state index in [9.17, 15) is 0 Å². The van der Waals surface area contributed by atoms with E-state index in [1.54, 1.807) is 0 Å². The van der Waals surface area contributed by atoms with E-state index in [0.29, 0.717) is 23.5 Å². The molecule has 34 heavy (non-hydrogen) atoms. The number of aryl methyl sites for hydroxylation is 2. The third kappa shape index (κ3) is 4.65. The molecule has 0 aliphatic rings. The van der Waals surface area contributed by atoms with E-state index < -0.39 is 0 Å². The van der Waals surface area contributed by atoms with Crippen LogP contribution in [0.2, 0.25) is 0 Å². The molecule has 5 aromatic rings. The maximum Gasteiger partial charge on any atom is 0.322 e. The molecule has 0 fully saturated rings. The molecule has 0 aliphatic carbocycles. The maximum absolute atomic E-state index is 5.21. The summed E-state index contributed by atoms with van der Waals surface area (Å²) < 4.78 is 5.21. The summed E-state index contributed by atoms with van der Waals surface area (Å²) in [6, 6.07) is 16.0. The number of anilines is 4. The summed E-state index contributed by atoms with van der Waals surface area (Å²) in [5.41, 5.74) is 4.06. The Labute approximate surface area is 194 Å². The fourth-order valence-corrected chi connectivity index (χ4v) is 3.24. The molecule has 0 saturated heterocycles. The molecule has 3 heterocycles. The predicted octanol–water partition coefficient (Wildman–Crippen LogP) is 3.55. The minimum Gasteiger partial charge on any atom is -0.467 e. The van der Waals surface area contributed by atoms with Gasteiger partial charge >= 0.3 is 6.01 Å². The largest absolute Gasteiger partial charge is 0.467 e. The van der Waals surface area contributed by atoms with Crippen LogP contribution in [0.4, 0.5) is 23.8 Å². The van der Waals surface area contributed by atoms with Crippen molar-refractivity contribution < 1.29 is 4.74 Å². The van der Waals surface area contributed by atoms with Crippen molar-refractivity contribution in [3.05, 3.63) is 59.7 Å². The second-order valence-electron chi connectivity index (χ2n) is 7.47. The molecule has 2 aromatic carbocycles. The Morgan fingerprint density at radius 2 is 1.41 bits per heavy atom. The van der Waals surface area contributed by atoms with Gasteiger partial charge in [0.2, 0.25) is 23.8 Å². The Morgan fingerprint density at radius 1 is 0.706 bits per heavy atom. The van der Waals surface area contributed by atoms with Gasteiger partial charge in [-0.15, -0.1) is 5.10 Å². The average molecular weight is 455 g/mol. The fourth-order valence-electron chi connectivity index (χ4n) is 3.24. The van der Waals surface area contributed by atoms with E-state index in [1.165, 1.54) is 7.11 Å². The molecule has 0 radical (unpaired) electrons. The number of methoxy groups -OCH3 is 1. The zero-order valence-electron chi connectivity index (χ0n) is 18.7. The van der Waals surface area contributed by atoms with E-state index in [-0.39, 0.29) is 17.9 Å². The number of H-pyrrole nitrogens is 2. The lowest BCUT2D eigenvalue weighted by atomic mass is 10.1. The summed E-state index contributed by atoms with van der Waals surface area (Å²) >= 11 is 0. The van der Waals surface area contributed by atoms with Crippen molar-refractivity contribution in [2.75, 3.05) is 17.7 Å². The number of ether oxygens (including phenoxy) is 1. The summed E-state index contributed by atoms with van der Waals surface area (Å²) in [6.07, 6.45) is 0. The monoisotopic (exact) mass is 455 g/mol. The van der Waals surface area contributed by atoms with Crippen LogP contribution in [0.3, 0.4) is 0 Å². The lowest BCUT2D eigenvalue weighted by Gasteiger charge is -2.06. The third-order valence-electron chi connectivity index (χ3n) is 4.79. The van der Waals surface area contributed by atoms with Crippen LogP contribution in [0.1, 0.15) is 11.1 Å². The molecule has 0 amide bonds. The van der Waals surface area contributed by atoms with Gasteiger partial charge in [0.05, 0.1) is 7.11 Å². The van der Waals surface area contributed by atoms with Crippen molar-refractivity contribution in [2.45, 2.75) is 13.8 Å². The topological polar surface area (TPSA) is 155 Å². The summed E-state index contributed by atoms with van der Waals surface area (Å²) in [6.45, 7) is 4.03. The standard InChI is InChI=1S/C22H21N11O/c1-12-6-4-8-14(10-12)16-23-20(32-30-16)26-18-25-19(29-22(28-18)34-3)27-21-24-17(31-33-21)15-9-5-7-13(2)11-15/h4-11H,1-3H3,(H4,23,24,25,26,27,28,29,30,31,32,33). The summed E-state index contributed by atoms with van der Waals surface area (Å²) in [5, 5.41) is 20.1. The van der Waals surface area contributed by atoms with Crippen LogP contribution in [0.25, 0.3) is 22.8 Å². The van der Waals surface area contributed by atoms with Crippen molar-refractivity contribution >= 4 is 23.8 Å². The van der Waals surface area contributed by atoms with Crippen molar-refractivity contribution in [3.8, 4) is 28.8 Å². The maximum atomic E-state index is 5.21. The number of benzene rings is 2. The fraction of sp³-hybridized carbons (Fsp3) is 0.136. The quantitative estimate of drug-likeness (QED) is 0.286. The first kappa shape index (κ1) is 21.0. The van der Waals surface area contributed by atoms with Crippen molar-refractivity contribution in [1.29, 1.82) is 0 Å². The van der Waals surface area contributed by atoms with Gasteiger partial charge in [0.1, 0.15) is 0 Å². The van der Waals surface area contributed by atoms with Crippen molar-refractivity contribution in [2.24, 2.45) is 0 Å². The van der Waals surface area contributed by atoms with Gasteiger partial charge < -0.3 is 4.74 Å². The van der Waals surface area contributed by atoms with Crippen LogP contribution in [-0.2, 0) is 0 Å². The van der Waals surface area contributed by atoms with E-state index in [1.807, 2.05) is 62.4 Å². The van der Waals surface area contributed by atoms with Crippen LogP contribution >= 0.6 is 0 Å². The zero-order chi connectivity index (χ0) is 23.5. The first-order valence-corrected chi connectivity index (χ1v) is 10.4. The number of hydrogen-bond acceptors (Lipinski definition) is 10. The van der Waals surface area contributed by atoms with E-state index >= 15 is 0 Å². The molecule has 0 unspecified atom stereocenters. The number of aromatic amines is 2. The van der Waals surface area contributed by atoms with Gasteiger partial charge in [-0.1, -0.05) is 47.5 Å². The first-order chi connectivity index (χ1) is 16.6. The molecule has 3 aromatic heterocycles. The number of rotatable bonds is 7. The molecule has 0 spiro atoms. The second-order valence-corrected chi connectivity index (χ2v) is 7.47. The lowest BCUT2D eigenvalue weighted by molar-refractivity contribution is 0.380. The molecule has 12 nitrogen and oxygen atoms in total. The van der Waals surface area contributed by atoms with Gasteiger partial charge in [-0.3, -0.25) is 15.7 Å². The molecular formula is C22H21N11O. The Bertz CT molecular complexity index is 1340. The van der Waals surface area contributed by atoms with Gasteiger partial charge in [-0.05, 0) is 26.0 Å². The number of nitrogens with zero attached hydrogens (tertiary/aromatic N) is 7. The minimum absolute atomic E-state index is 0.105. The highest BCUT2D eigenvalue weighted by atomic mass is 16.5. The predicted molar refractivity (Wildman–Crippen MR) is 126 cm³/mol. The third-order valence-corrected chi connectivity index (χ3v) is 4.79. The first-order valence-electron chi connectivity index (χ1n) is 10.4. The van der Waals surface area contributed by atoms with Crippen molar-refractivity contribution in [3.63, 3.8) is 0 Å². The number of aromatic nitrogens is 9. The molecule has 0 saturated carbocycles. The van der Waals surface area contributed by atoms with Gasteiger partial charge in [0.25, 0.3) is 0 Å². The second kappa shape index (κ2) is 8.94.